The minimum atomic E-state index is -0.534. The molecule has 7 heteroatoms. The zero-order chi connectivity index (χ0) is 19.4. The summed E-state index contributed by atoms with van der Waals surface area (Å²) >= 11 is 0. The van der Waals surface area contributed by atoms with Gasteiger partial charge in [-0.15, -0.1) is 0 Å². The maximum absolute atomic E-state index is 12.7. The minimum Gasteiger partial charge on any atom is -0.426 e. The van der Waals surface area contributed by atoms with Crippen molar-refractivity contribution in [3.63, 3.8) is 0 Å². The molecule has 5 N–H and O–H groups in total. The first kappa shape index (κ1) is 17.9. The van der Waals surface area contributed by atoms with Gasteiger partial charge in [-0.3, -0.25) is 14.9 Å². The molecule has 3 aromatic carbocycles. The molecule has 0 aliphatic rings. The maximum atomic E-state index is 12.7. The normalized spacial score (nSPS) is 11.2. The van der Waals surface area contributed by atoms with E-state index in [9.17, 15) is 9.59 Å². The summed E-state index contributed by atoms with van der Waals surface area (Å²) in [6, 6.07) is 17.4. The van der Waals surface area contributed by atoms with E-state index in [-0.39, 0.29) is 17.3 Å². The molecule has 0 aromatic heterocycles. The first-order valence-corrected chi connectivity index (χ1v) is 8.14. The molecule has 136 valence electrons. The van der Waals surface area contributed by atoms with Crippen LogP contribution in [0.5, 0.6) is 5.75 Å². The van der Waals surface area contributed by atoms with Crippen LogP contribution < -0.4 is 21.5 Å². The van der Waals surface area contributed by atoms with E-state index in [1.165, 1.54) is 6.92 Å². The standard InChI is InChI=1S/C20H18N4O3/c1-12(25)27-18-11-14-5-3-2-4-13(14)10-17(18)19(26)24-20(22)23-16-8-6-15(21)7-9-16/h2-11H,21H2,1H3,(H3,22,23,24,26). The number of ether oxygens (including phenoxy) is 1. The van der Waals surface area contributed by atoms with Gasteiger partial charge in [-0.1, -0.05) is 24.3 Å². The van der Waals surface area contributed by atoms with Crippen LogP contribution in [0.2, 0.25) is 0 Å². The van der Waals surface area contributed by atoms with Crippen molar-refractivity contribution in [1.29, 1.82) is 0 Å². The second-order valence-electron chi connectivity index (χ2n) is 5.83. The number of amides is 1. The number of nitrogens with two attached hydrogens (primary N) is 2. The van der Waals surface area contributed by atoms with Crippen LogP contribution in [0.25, 0.3) is 10.8 Å². The highest BCUT2D eigenvalue weighted by molar-refractivity contribution is 6.09. The SMILES string of the molecule is CC(=O)Oc1cc2ccccc2cc1C(=O)NC(N)=Nc1ccc(N)cc1. The third-order valence-electron chi connectivity index (χ3n) is 3.73. The number of carbonyl (C=O) groups excluding carboxylic acids is 2. The van der Waals surface area contributed by atoms with Crippen LogP contribution in [-0.4, -0.2) is 17.8 Å². The number of nitrogens with one attached hydrogen (secondary N) is 1. The van der Waals surface area contributed by atoms with Crippen LogP contribution in [0.3, 0.4) is 0 Å². The van der Waals surface area contributed by atoms with E-state index < -0.39 is 11.9 Å². The molecule has 0 saturated heterocycles. The highest BCUT2D eigenvalue weighted by Crippen LogP contribution is 2.26. The van der Waals surface area contributed by atoms with Crippen molar-refractivity contribution >= 4 is 40.0 Å². The smallest absolute Gasteiger partial charge is 0.308 e. The van der Waals surface area contributed by atoms with Gasteiger partial charge in [-0.05, 0) is 47.2 Å². The van der Waals surface area contributed by atoms with Gasteiger partial charge in [-0.25, -0.2) is 4.99 Å². The second kappa shape index (κ2) is 7.57. The van der Waals surface area contributed by atoms with Gasteiger partial charge in [0.15, 0.2) is 0 Å². The van der Waals surface area contributed by atoms with Gasteiger partial charge < -0.3 is 16.2 Å². The molecule has 0 radical (unpaired) electrons. The van der Waals surface area contributed by atoms with Crippen molar-refractivity contribution in [2.24, 2.45) is 10.7 Å². The van der Waals surface area contributed by atoms with Crippen molar-refractivity contribution in [2.45, 2.75) is 6.92 Å². The van der Waals surface area contributed by atoms with Gasteiger partial charge >= 0.3 is 5.97 Å². The summed E-state index contributed by atoms with van der Waals surface area (Å²) in [6.07, 6.45) is 0. The molecule has 0 saturated carbocycles. The summed E-state index contributed by atoms with van der Waals surface area (Å²) in [4.78, 5) is 28.2. The van der Waals surface area contributed by atoms with Gasteiger partial charge in [-0.2, -0.15) is 0 Å². The molecule has 0 bridgehead atoms. The topological polar surface area (TPSA) is 120 Å². The van der Waals surface area contributed by atoms with E-state index in [1.54, 1.807) is 36.4 Å². The Hall–Kier alpha value is -3.87. The largest absolute Gasteiger partial charge is 0.426 e. The van der Waals surface area contributed by atoms with Crippen molar-refractivity contribution in [2.75, 3.05) is 5.73 Å². The molecule has 0 aliphatic carbocycles. The molecule has 3 rings (SSSR count). The Morgan fingerprint density at radius 3 is 2.26 bits per heavy atom. The molecule has 27 heavy (non-hydrogen) atoms. The summed E-state index contributed by atoms with van der Waals surface area (Å²) in [5.74, 6) is -0.998. The predicted molar refractivity (Wildman–Crippen MR) is 105 cm³/mol. The number of anilines is 1. The molecule has 0 fully saturated rings. The molecule has 7 nitrogen and oxygen atoms in total. The van der Waals surface area contributed by atoms with E-state index in [0.717, 1.165) is 10.8 Å². The fourth-order valence-corrected chi connectivity index (χ4v) is 2.54. The summed E-state index contributed by atoms with van der Waals surface area (Å²) in [5, 5.41) is 4.17. The van der Waals surface area contributed by atoms with Crippen molar-refractivity contribution < 1.29 is 14.3 Å². The predicted octanol–water partition coefficient (Wildman–Crippen LogP) is 2.72. The number of carbonyl (C=O) groups is 2. The number of hydrogen-bond donors (Lipinski definition) is 3. The van der Waals surface area contributed by atoms with E-state index in [0.29, 0.717) is 11.4 Å². The summed E-state index contributed by atoms with van der Waals surface area (Å²) in [7, 11) is 0. The number of fused-ring (bicyclic) bond motifs is 1. The van der Waals surface area contributed by atoms with Gasteiger partial charge in [0.2, 0.25) is 5.96 Å². The fourth-order valence-electron chi connectivity index (χ4n) is 2.54. The quantitative estimate of drug-likeness (QED) is 0.218. The molecule has 3 aromatic rings. The van der Waals surface area contributed by atoms with E-state index in [2.05, 4.69) is 10.3 Å². The number of benzene rings is 3. The van der Waals surface area contributed by atoms with Gasteiger partial charge in [0.1, 0.15) is 5.75 Å². The number of aliphatic imine (C=N–C) groups is 1. The first-order chi connectivity index (χ1) is 12.9. The molecule has 0 atom stereocenters. The van der Waals surface area contributed by atoms with Crippen molar-refractivity contribution in [3.05, 3.63) is 66.2 Å². The minimum absolute atomic E-state index is 0.0910. The summed E-state index contributed by atoms with van der Waals surface area (Å²) in [6.45, 7) is 1.27. The van der Waals surface area contributed by atoms with Gasteiger partial charge in [0.05, 0.1) is 11.3 Å². The van der Waals surface area contributed by atoms with Gasteiger partial charge in [0.25, 0.3) is 5.91 Å². The summed E-state index contributed by atoms with van der Waals surface area (Å²) in [5.41, 5.74) is 12.8. The average Bonchev–Trinajstić information content (AvgIpc) is 2.62. The summed E-state index contributed by atoms with van der Waals surface area (Å²) < 4.78 is 5.19. The second-order valence-corrected chi connectivity index (χ2v) is 5.83. The third-order valence-corrected chi connectivity index (χ3v) is 3.73. The zero-order valence-electron chi connectivity index (χ0n) is 14.6. The maximum Gasteiger partial charge on any atom is 0.308 e. The first-order valence-electron chi connectivity index (χ1n) is 8.14. The van der Waals surface area contributed by atoms with E-state index in [1.807, 2.05) is 24.3 Å². The molecular formula is C20H18N4O3. The average molecular weight is 362 g/mol. The Morgan fingerprint density at radius 2 is 1.63 bits per heavy atom. The monoisotopic (exact) mass is 362 g/mol. The van der Waals surface area contributed by atoms with Crippen LogP contribution in [0.4, 0.5) is 11.4 Å². The Bertz CT molecular complexity index is 1040. The molecular weight excluding hydrogens is 344 g/mol. The molecule has 0 spiro atoms. The highest BCUT2D eigenvalue weighted by Gasteiger charge is 2.16. The van der Waals surface area contributed by atoms with Crippen LogP contribution in [0, 0.1) is 0 Å². The lowest BCUT2D eigenvalue weighted by Crippen LogP contribution is -2.36. The van der Waals surface area contributed by atoms with Crippen molar-refractivity contribution in [3.8, 4) is 5.75 Å². The zero-order valence-corrected chi connectivity index (χ0v) is 14.6. The number of rotatable bonds is 3. The highest BCUT2D eigenvalue weighted by atomic mass is 16.5. The van der Waals surface area contributed by atoms with Crippen LogP contribution in [0.15, 0.2) is 65.7 Å². The van der Waals surface area contributed by atoms with Crippen LogP contribution >= 0.6 is 0 Å². The number of nitrogen functional groups attached to an aromatic ring is 1. The van der Waals surface area contributed by atoms with E-state index >= 15 is 0 Å². The Kier molecular flexibility index (Phi) is 5.03. The molecule has 1 amide bonds. The molecule has 0 unspecified atom stereocenters. The lowest BCUT2D eigenvalue weighted by Gasteiger charge is -2.11. The number of nitrogens with zero attached hydrogens (tertiary/aromatic N) is 1. The Morgan fingerprint density at radius 1 is 1.00 bits per heavy atom. The van der Waals surface area contributed by atoms with Crippen molar-refractivity contribution in [1.82, 2.24) is 5.32 Å². The van der Waals surface area contributed by atoms with E-state index in [4.69, 9.17) is 16.2 Å². The number of esters is 1. The Balaban J connectivity index is 1.91. The lowest BCUT2D eigenvalue weighted by atomic mass is 10.1. The van der Waals surface area contributed by atoms with Gasteiger partial charge in [0, 0.05) is 12.6 Å². The third kappa shape index (κ3) is 4.40. The van der Waals surface area contributed by atoms with Crippen LogP contribution in [-0.2, 0) is 4.79 Å². The number of hydrogen-bond acceptors (Lipinski definition) is 5. The lowest BCUT2D eigenvalue weighted by molar-refractivity contribution is -0.131. The molecule has 0 aliphatic heterocycles. The number of guanidine groups is 1. The van der Waals surface area contributed by atoms with Crippen LogP contribution in [0.1, 0.15) is 17.3 Å². The molecule has 0 heterocycles. The Labute approximate surface area is 155 Å². The fraction of sp³-hybridized carbons (Fsp3) is 0.0500.